The Morgan fingerprint density at radius 2 is 1.69 bits per heavy atom. The van der Waals surface area contributed by atoms with E-state index in [1.165, 1.54) is 57.8 Å². The van der Waals surface area contributed by atoms with Gasteiger partial charge in [0.1, 0.15) is 0 Å². The Morgan fingerprint density at radius 3 is 2.48 bits per heavy atom. The predicted molar refractivity (Wildman–Crippen MR) is 123 cm³/mol. The largest absolute Gasteiger partial charge is 0.384 e. The van der Waals surface area contributed by atoms with Gasteiger partial charge in [-0.3, -0.25) is 9.98 Å². The van der Waals surface area contributed by atoms with Crippen LogP contribution in [0.4, 0.5) is 5.69 Å². The lowest BCUT2D eigenvalue weighted by molar-refractivity contribution is 0.108. The third-order valence-corrected chi connectivity index (χ3v) is 7.61. The highest BCUT2D eigenvalue weighted by Crippen LogP contribution is 2.52. The fraction of sp³-hybridized carbons (Fsp3) is 0.600. The first-order valence-corrected chi connectivity index (χ1v) is 12.0. The van der Waals surface area contributed by atoms with Crippen LogP contribution in [0, 0.1) is 23.7 Å². The van der Waals surface area contributed by atoms with Crippen molar-refractivity contribution in [2.75, 3.05) is 18.4 Å². The van der Waals surface area contributed by atoms with Crippen LogP contribution in [0.2, 0.25) is 5.02 Å². The SMILES string of the molecule is Clc1ccc2c(NCCCCCCN=C3C4CC5CC(C4)CC3C5)ccnc2c1. The summed E-state index contributed by atoms with van der Waals surface area (Å²) in [4.78, 5) is 9.52. The molecule has 4 aliphatic rings. The molecule has 1 aromatic heterocycles. The number of fused-ring (bicyclic) bond motifs is 1. The van der Waals surface area contributed by atoms with Crippen LogP contribution >= 0.6 is 11.6 Å². The molecule has 0 radical (unpaired) electrons. The van der Waals surface area contributed by atoms with E-state index in [0.717, 1.165) is 58.4 Å². The summed E-state index contributed by atoms with van der Waals surface area (Å²) in [5.41, 5.74) is 3.73. The lowest BCUT2D eigenvalue weighted by atomic mass is 9.55. The van der Waals surface area contributed by atoms with Gasteiger partial charge in [0.2, 0.25) is 0 Å². The van der Waals surface area contributed by atoms with Crippen LogP contribution in [0.5, 0.6) is 0 Å². The Bertz CT molecular complexity index is 861. The Balaban J connectivity index is 1.02. The average Bonchev–Trinajstić information content (AvgIpc) is 2.71. The zero-order valence-corrected chi connectivity index (χ0v) is 18.0. The number of hydrogen-bond donors (Lipinski definition) is 1. The van der Waals surface area contributed by atoms with Crippen LogP contribution in [0.15, 0.2) is 35.5 Å². The molecule has 1 aromatic carbocycles. The number of aliphatic imine (C=N–C) groups is 1. The third-order valence-electron chi connectivity index (χ3n) is 7.37. The van der Waals surface area contributed by atoms with E-state index in [2.05, 4.69) is 22.4 Å². The van der Waals surface area contributed by atoms with Crippen LogP contribution in [0.1, 0.15) is 57.8 Å². The van der Waals surface area contributed by atoms with Gasteiger partial charge in [0.15, 0.2) is 0 Å². The van der Waals surface area contributed by atoms with Gasteiger partial charge in [0.05, 0.1) is 5.52 Å². The monoisotopic (exact) mass is 409 g/mol. The second-order valence-corrected chi connectivity index (χ2v) is 9.91. The van der Waals surface area contributed by atoms with Crippen molar-refractivity contribution >= 4 is 33.9 Å². The van der Waals surface area contributed by atoms with E-state index in [1.807, 2.05) is 18.3 Å². The molecule has 1 heterocycles. The topological polar surface area (TPSA) is 37.3 Å². The standard InChI is InChI=1S/C25H32ClN3/c26-21-5-6-22-23(7-10-28-24(22)16-21)27-8-3-1-2-4-9-29-25-19-12-17-11-18(14-19)15-20(25)13-17/h5-7,10,16-20H,1-4,8-9,11-15H2,(H,27,28). The zero-order chi connectivity index (χ0) is 19.6. The molecule has 0 spiro atoms. The van der Waals surface area contributed by atoms with Crippen molar-refractivity contribution in [3.8, 4) is 0 Å². The van der Waals surface area contributed by atoms with Gasteiger partial charge >= 0.3 is 0 Å². The number of nitrogens with one attached hydrogen (secondary N) is 1. The minimum atomic E-state index is 0.736. The summed E-state index contributed by atoms with van der Waals surface area (Å²) in [6.45, 7) is 2.06. The summed E-state index contributed by atoms with van der Waals surface area (Å²) in [6, 6.07) is 7.96. The molecule has 29 heavy (non-hydrogen) atoms. The van der Waals surface area contributed by atoms with Crippen molar-refractivity contribution in [2.24, 2.45) is 28.7 Å². The van der Waals surface area contributed by atoms with E-state index in [9.17, 15) is 0 Å². The van der Waals surface area contributed by atoms with Crippen LogP contribution < -0.4 is 5.32 Å². The number of aromatic nitrogens is 1. The number of pyridine rings is 1. The summed E-state index contributed by atoms with van der Waals surface area (Å²) in [5, 5.41) is 5.45. The molecule has 4 fully saturated rings. The first kappa shape index (κ1) is 19.4. The minimum Gasteiger partial charge on any atom is -0.384 e. The van der Waals surface area contributed by atoms with E-state index in [-0.39, 0.29) is 0 Å². The highest BCUT2D eigenvalue weighted by atomic mass is 35.5. The lowest BCUT2D eigenvalue weighted by Crippen LogP contribution is -2.45. The Morgan fingerprint density at radius 1 is 0.931 bits per heavy atom. The smallest absolute Gasteiger partial charge is 0.0737 e. The lowest BCUT2D eigenvalue weighted by Gasteiger charge is -2.50. The molecule has 4 heteroatoms. The summed E-state index contributed by atoms with van der Waals surface area (Å²) in [6.07, 6.45) is 14.2. The van der Waals surface area contributed by atoms with Gasteiger partial charge in [0.25, 0.3) is 0 Å². The molecule has 4 bridgehead atoms. The van der Waals surface area contributed by atoms with E-state index >= 15 is 0 Å². The Labute approximate surface area is 179 Å². The maximum absolute atomic E-state index is 6.07. The normalized spacial score (nSPS) is 27.6. The van der Waals surface area contributed by atoms with E-state index in [1.54, 1.807) is 5.71 Å². The molecule has 0 atom stereocenters. The second-order valence-electron chi connectivity index (χ2n) is 9.47. The van der Waals surface area contributed by atoms with Crippen LogP contribution in [0.3, 0.4) is 0 Å². The van der Waals surface area contributed by atoms with Crippen molar-refractivity contribution in [3.05, 3.63) is 35.5 Å². The van der Waals surface area contributed by atoms with E-state index < -0.39 is 0 Å². The molecule has 6 rings (SSSR count). The van der Waals surface area contributed by atoms with Gasteiger partial charge in [-0.1, -0.05) is 24.4 Å². The third kappa shape index (κ3) is 4.30. The van der Waals surface area contributed by atoms with Gasteiger partial charge in [0, 0.05) is 41.1 Å². The van der Waals surface area contributed by atoms with E-state index in [4.69, 9.17) is 16.6 Å². The molecule has 0 unspecified atom stereocenters. The highest BCUT2D eigenvalue weighted by Gasteiger charge is 2.45. The fourth-order valence-corrected chi connectivity index (χ4v) is 6.39. The van der Waals surface area contributed by atoms with Crippen molar-refractivity contribution in [3.63, 3.8) is 0 Å². The van der Waals surface area contributed by atoms with Gasteiger partial charge in [-0.2, -0.15) is 0 Å². The molecular formula is C25H32ClN3. The predicted octanol–water partition coefficient (Wildman–Crippen LogP) is 6.76. The zero-order valence-electron chi connectivity index (χ0n) is 17.2. The Hall–Kier alpha value is -1.61. The van der Waals surface area contributed by atoms with Crippen molar-refractivity contribution in [1.82, 2.24) is 4.98 Å². The van der Waals surface area contributed by atoms with Gasteiger partial charge in [-0.15, -0.1) is 0 Å². The molecular weight excluding hydrogens is 378 g/mol. The maximum Gasteiger partial charge on any atom is 0.0737 e. The van der Waals surface area contributed by atoms with Crippen molar-refractivity contribution in [1.29, 1.82) is 0 Å². The molecule has 3 nitrogen and oxygen atoms in total. The number of halogens is 1. The van der Waals surface area contributed by atoms with E-state index in [0.29, 0.717) is 0 Å². The molecule has 0 saturated heterocycles. The first-order chi connectivity index (χ1) is 14.3. The molecule has 4 aliphatic carbocycles. The molecule has 154 valence electrons. The van der Waals surface area contributed by atoms with Gasteiger partial charge in [-0.05, 0) is 92.9 Å². The fourth-order valence-electron chi connectivity index (χ4n) is 6.22. The highest BCUT2D eigenvalue weighted by molar-refractivity contribution is 6.31. The quantitative estimate of drug-likeness (QED) is 0.489. The number of rotatable bonds is 8. The molecule has 1 N–H and O–H groups in total. The van der Waals surface area contributed by atoms with Crippen molar-refractivity contribution < 1.29 is 0 Å². The molecule has 0 amide bonds. The van der Waals surface area contributed by atoms with Crippen LogP contribution in [0.25, 0.3) is 10.9 Å². The first-order valence-electron chi connectivity index (χ1n) is 11.6. The molecule has 4 saturated carbocycles. The van der Waals surface area contributed by atoms with Crippen molar-refractivity contribution in [2.45, 2.75) is 57.8 Å². The minimum absolute atomic E-state index is 0.736. The van der Waals surface area contributed by atoms with Crippen LogP contribution in [-0.2, 0) is 0 Å². The summed E-state index contributed by atoms with van der Waals surface area (Å²) >= 11 is 6.07. The number of benzene rings is 1. The summed E-state index contributed by atoms with van der Waals surface area (Å²) in [7, 11) is 0. The number of hydrogen-bond acceptors (Lipinski definition) is 3. The number of nitrogens with zero attached hydrogens (tertiary/aromatic N) is 2. The van der Waals surface area contributed by atoms with Gasteiger partial charge in [-0.25, -0.2) is 0 Å². The average molecular weight is 410 g/mol. The van der Waals surface area contributed by atoms with Crippen LogP contribution in [-0.4, -0.2) is 23.8 Å². The number of unbranched alkanes of at least 4 members (excludes halogenated alkanes) is 3. The summed E-state index contributed by atoms with van der Waals surface area (Å²) < 4.78 is 0. The van der Waals surface area contributed by atoms with Gasteiger partial charge < -0.3 is 5.32 Å². The molecule has 0 aliphatic heterocycles. The number of anilines is 1. The maximum atomic E-state index is 6.07. The Kier molecular flexibility index (Phi) is 5.76. The summed E-state index contributed by atoms with van der Waals surface area (Å²) in [5.74, 6) is 3.80. The molecule has 2 aromatic rings. The second kappa shape index (κ2) is 8.63.